The highest BCUT2D eigenvalue weighted by Gasteiger charge is 2.49. The summed E-state index contributed by atoms with van der Waals surface area (Å²) in [5.41, 5.74) is 22.4. The number of benzene rings is 7. The lowest BCUT2D eigenvalue weighted by Gasteiger charge is -2.26. The van der Waals surface area contributed by atoms with Crippen LogP contribution in [0.15, 0.2) is 184 Å². The zero-order chi connectivity index (χ0) is 71.0. The standard InChI is InChI=1S/C21H21F4N3O2.C19H16F4O.C11H14F2.C10H11BrO.C9H6F2O.C2H7N3/c1-28-18(29)21(27-20(28)26,14-8-10-16(11-9-14)30-19(24)25)15-6-2-4-13(12-15)5-3-7-17(22)23;20-18(21)6-2-5-15-3-1-4-16(13-15)8-7-14-9-11-17(12-10-14)24-19(22)23;1-9-4-2-5-10(8-9)6-3-7-11(12)13;11-10-6-3-5-9(8-10)4-1-2-7-12;1-2-7-3-5-8(6-4-7)12-9(10)11;1-5-2(3)4/h2,4,6,8-12,17,19H,3,5,7H2,1H3,(H2,26,27);1,3-4,9-13,18-19H,2,5-6H2;2,4-5,8,11H,3,6-7H2,1H3;3,5-8H,1-2,4H2;1,3-6,9H;1H3,(H4,3,4,5). The summed E-state index contributed by atoms with van der Waals surface area (Å²) in [6.07, 6.45) is 4.55. The van der Waals surface area contributed by atoms with Crippen LogP contribution >= 0.6 is 15.9 Å². The second kappa shape index (κ2) is 44.3. The van der Waals surface area contributed by atoms with Gasteiger partial charge in [0.15, 0.2) is 17.5 Å². The largest absolute Gasteiger partial charge is 0.435 e. The maximum Gasteiger partial charge on any atom is 0.387 e. The molecule has 1 unspecified atom stereocenters. The van der Waals surface area contributed by atoms with Crippen molar-refractivity contribution < 1.29 is 76.5 Å². The Morgan fingerprint density at radius 2 is 0.969 bits per heavy atom. The number of nitrogens with zero attached hydrogens (tertiary/aromatic N) is 3. The van der Waals surface area contributed by atoms with E-state index < -0.39 is 50.6 Å². The maximum atomic E-state index is 13.2. The van der Waals surface area contributed by atoms with Gasteiger partial charge in [-0.25, -0.2) is 31.3 Å². The summed E-state index contributed by atoms with van der Waals surface area (Å²) in [4.78, 5) is 32.3. The third-order valence-corrected chi connectivity index (χ3v) is 13.9. The van der Waals surface area contributed by atoms with E-state index in [1.165, 1.54) is 90.8 Å². The van der Waals surface area contributed by atoms with Gasteiger partial charge in [0.1, 0.15) is 23.5 Å². The van der Waals surface area contributed by atoms with Crippen molar-refractivity contribution in [2.45, 2.75) is 129 Å². The highest BCUT2D eigenvalue weighted by molar-refractivity contribution is 9.10. The molecule has 24 heteroatoms. The van der Waals surface area contributed by atoms with Gasteiger partial charge < -0.3 is 36.2 Å². The SMILES string of the molecule is C#Cc1ccc(OC(F)F)cc1.CN1C(=O)C(c2ccc(OC(F)F)cc2)(c2cccc(CCCC(F)F)c2)N=C1N.CN=C(N)N.Cc1cccc(CCCC(F)F)c1.FC(F)CCCc1cccc(C#Cc2ccc(OC(F)F)cc2)c1.O=CCCCc1cccc(Br)c1. The fourth-order valence-electron chi connectivity index (χ4n) is 8.75. The molecule has 0 bridgehead atoms. The summed E-state index contributed by atoms with van der Waals surface area (Å²) in [7, 11) is 3.03. The van der Waals surface area contributed by atoms with Crippen molar-refractivity contribution in [3.8, 4) is 41.4 Å². The summed E-state index contributed by atoms with van der Waals surface area (Å²) in [6, 6.07) is 48.1. The van der Waals surface area contributed by atoms with Crippen LogP contribution < -0.4 is 31.4 Å². The Hall–Kier alpha value is -9.42. The first kappa shape index (κ1) is 80.8. The third kappa shape index (κ3) is 32.1. The summed E-state index contributed by atoms with van der Waals surface area (Å²) < 4.78 is 159. The topological polar surface area (TPSA) is 168 Å². The van der Waals surface area contributed by atoms with Gasteiger partial charge in [-0.3, -0.25) is 14.7 Å². The van der Waals surface area contributed by atoms with Crippen molar-refractivity contribution >= 4 is 40.0 Å². The smallest absolute Gasteiger partial charge is 0.387 e. The number of guanidine groups is 2. The van der Waals surface area contributed by atoms with Gasteiger partial charge in [-0.2, -0.15) is 26.3 Å². The Balaban J connectivity index is 0.000000323. The van der Waals surface area contributed by atoms with Crippen LogP contribution in [0.3, 0.4) is 0 Å². The Kier molecular flexibility index (Phi) is 37.3. The van der Waals surface area contributed by atoms with Crippen LogP contribution in [0.4, 0.5) is 52.7 Å². The molecule has 1 aliphatic heterocycles. The molecule has 96 heavy (non-hydrogen) atoms. The molecule has 0 fully saturated rings. The van der Waals surface area contributed by atoms with E-state index in [1.807, 2.05) is 67.6 Å². The van der Waals surface area contributed by atoms with E-state index in [2.05, 4.69) is 70.0 Å². The number of nitrogens with two attached hydrogens (primary N) is 3. The molecule has 514 valence electrons. The number of likely N-dealkylation sites (N-methyl/N-ethyl adjacent to an activating group) is 1. The highest BCUT2D eigenvalue weighted by Crippen LogP contribution is 2.40. The average Bonchev–Trinajstić information content (AvgIpc) is 1.55. The van der Waals surface area contributed by atoms with Gasteiger partial charge in [0.2, 0.25) is 19.3 Å². The van der Waals surface area contributed by atoms with Crippen molar-refractivity contribution in [2.24, 2.45) is 27.2 Å². The van der Waals surface area contributed by atoms with Crippen LogP contribution in [0.25, 0.3) is 0 Å². The minimum absolute atomic E-state index is 0.00788. The summed E-state index contributed by atoms with van der Waals surface area (Å²) in [5, 5.41) is 0. The number of halogens is 13. The number of ether oxygens (including phenoxy) is 3. The predicted octanol–water partition coefficient (Wildman–Crippen LogP) is 16.9. The molecular weight excluding hydrogens is 1340 g/mol. The summed E-state index contributed by atoms with van der Waals surface area (Å²) >= 11 is 3.40. The van der Waals surface area contributed by atoms with Crippen LogP contribution in [0.2, 0.25) is 0 Å². The molecule has 7 aromatic rings. The monoisotopic (exact) mass is 1410 g/mol. The van der Waals surface area contributed by atoms with E-state index in [0.29, 0.717) is 60.8 Å². The molecule has 7 aromatic carbocycles. The molecule has 11 nitrogen and oxygen atoms in total. The van der Waals surface area contributed by atoms with Crippen molar-refractivity contribution in [1.82, 2.24) is 4.90 Å². The maximum absolute atomic E-state index is 13.2. The molecule has 1 heterocycles. The molecule has 0 aliphatic carbocycles. The van der Waals surface area contributed by atoms with Gasteiger partial charge in [-0.15, -0.1) is 6.42 Å². The van der Waals surface area contributed by atoms with Crippen LogP contribution in [-0.4, -0.2) is 82.2 Å². The van der Waals surface area contributed by atoms with Gasteiger partial charge in [-0.1, -0.05) is 124 Å². The van der Waals surface area contributed by atoms with Crippen LogP contribution in [0.5, 0.6) is 17.2 Å². The fourth-order valence-corrected chi connectivity index (χ4v) is 9.19. The molecular formula is C72H75BrF12N6O5. The van der Waals surface area contributed by atoms with E-state index in [0.717, 1.165) is 52.3 Å². The first-order valence-electron chi connectivity index (χ1n) is 29.8. The van der Waals surface area contributed by atoms with Gasteiger partial charge in [0.05, 0.1) is 0 Å². The number of hydrogen-bond donors (Lipinski definition) is 3. The lowest BCUT2D eigenvalue weighted by molar-refractivity contribution is -0.129. The fraction of sp³-hybridized carbons (Fsp3) is 0.306. The van der Waals surface area contributed by atoms with Crippen LogP contribution in [-0.2, 0) is 40.8 Å². The number of aryl methyl sites for hydroxylation is 5. The highest BCUT2D eigenvalue weighted by atomic mass is 79.9. The summed E-state index contributed by atoms with van der Waals surface area (Å²) in [5.74, 6) is 8.14. The number of carbonyl (C=O) groups is 2. The molecule has 1 aliphatic rings. The molecule has 6 N–H and O–H groups in total. The molecule has 1 atom stereocenters. The van der Waals surface area contributed by atoms with Crippen LogP contribution in [0.1, 0.15) is 107 Å². The van der Waals surface area contributed by atoms with Crippen molar-refractivity contribution in [3.63, 3.8) is 0 Å². The molecule has 1 amide bonds. The molecule has 0 saturated carbocycles. The van der Waals surface area contributed by atoms with E-state index in [9.17, 15) is 62.3 Å². The van der Waals surface area contributed by atoms with Gasteiger partial charge >= 0.3 is 19.8 Å². The van der Waals surface area contributed by atoms with E-state index >= 15 is 0 Å². The minimum Gasteiger partial charge on any atom is -0.435 e. The molecule has 0 aromatic heterocycles. The number of carbonyl (C=O) groups excluding carboxylic acids is 2. The Bertz CT molecular complexity index is 3580. The van der Waals surface area contributed by atoms with E-state index in [-0.39, 0.29) is 48.4 Å². The number of amides is 1. The second-order valence-corrected chi connectivity index (χ2v) is 21.6. The lowest BCUT2D eigenvalue weighted by Crippen LogP contribution is -2.41. The number of unbranched alkanes of at least 4 members (excludes halogenated alkanes) is 1. The predicted molar refractivity (Wildman–Crippen MR) is 354 cm³/mol. The Labute approximate surface area is 560 Å². The number of aliphatic imine (C=N–C) groups is 2. The minimum atomic E-state index is -2.97. The third-order valence-electron chi connectivity index (χ3n) is 13.4. The van der Waals surface area contributed by atoms with Crippen molar-refractivity contribution in [1.29, 1.82) is 0 Å². The van der Waals surface area contributed by atoms with Crippen LogP contribution in [0, 0.1) is 31.1 Å². The normalized spacial score (nSPS) is 12.8. The number of alkyl halides is 12. The second-order valence-electron chi connectivity index (χ2n) is 20.7. The first-order chi connectivity index (χ1) is 45.8. The lowest BCUT2D eigenvalue weighted by atomic mass is 9.82. The van der Waals surface area contributed by atoms with Crippen molar-refractivity contribution in [3.05, 3.63) is 230 Å². The van der Waals surface area contributed by atoms with Gasteiger partial charge in [0, 0.05) is 60.9 Å². The Morgan fingerprint density at radius 1 is 0.562 bits per heavy atom. The van der Waals surface area contributed by atoms with Gasteiger partial charge in [0.25, 0.3) is 5.91 Å². The van der Waals surface area contributed by atoms with Gasteiger partial charge in [-0.05, 0) is 177 Å². The Morgan fingerprint density at radius 3 is 1.39 bits per heavy atom. The molecule has 0 spiro atoms. The molecule has 8 rings (SSSR count). The zero-order valence-electron chi connectivity index (χ0n) is 52.8. The quantitative estimate of drug-likeness (QED) is 0.0134. The van der Waals surface area contributed by atoms with E-state index in [1.54, 1.807) is 36.4 Å². The average molecular weight is 1410 g/mol. The number of hydrogen-bond acceptors (Lipinski definition) is 8. The number of terminal acetylenes is 1. The molecule has 0 saturated heterocycles. The first-order valence-corrected chi connectivity index (χ1v) is 30.6. The number of aldehydes is 1. The summed E-state index contributed by atoms with van der Waals surface area (Å²) in [6.45, 7) is -6.60. The molecule has 0 radical (unpaired) electrons. The van der Waals surface area contributed by atoms with Crippen molar-refractivity contribution in [2.75, 3.05) is 14.1 Å². The number of rotatable bonds is 24. The van der Waals surface area contributed by atoms with E-state index in [4.69, 9.17) is 23.6 Å². The zero-order valence-corrected chi connectivity index (χ0v) is 54.4.